The van der Waals surface area contributed by atoms with Gasteiger partial charge in [0.25, 0.3) is 0 Å². The number of rotatable bonds is 6. The first-order chi connectivity index (χ1) is 11.5. The molecule has 0 aliphatic carbocycles. The number of nitrogens with zero attached hydrogens (tertiary/aromatic N) is 2. The van der Waals surface area contributed by atoms with E-state index in [1.807, 2.05) is 19.1 Å². The Morgan fingerprint density at radius 3 is 2.46 bits per heavy atom. The van der Waals surface area contributed by atoms with E-state index in [4.69, 9.17) is 16.3 Å². The molecule has 0 aliphatic rings. The fourth-order valence-electron chi connectivity index (χ4n) is 2.38. The second kappa shape index (κ2) is 8.11. The highest BCUT2D eigenvalue weighted by Crippen LogP contribution is 2.26. The van der Waals surface area contributed by atoms with E-state index < -0.39 is 5.97 Å². The van der Waals surface area contributed by atoms with Crippen LogP contribution < -0.4 is 5.32 Å². The average Bonchev–Trinajstić information content (AvgIpc) is 2.54. The molecule has 24 heavy (non-hydrogen) atoms. The summed E-state index contributed by atoms with van der Waals surface area (Å²) in [5.41, 5.74) is 1.94. The molecule has 128 valence electrons. The zero-order valence-electron chi connectivity index (χ0n) is 14.4. The lowest BCUT2D eigenvalue weighted by Gasteiger charge is -2.16. The third-order valence-corrected chi connectivity index (χ3v) is 3.67. The van der Waals surface area contributed by atoms with Gasteiger partial charge in [-0.05, 0) is 43.5 Å². The highest BCUT2D eigenvalue weighted by molar-refractivity contribution is 6.30. The van der Waals surface area contributed by atoms with Gasteiger partial charge >= 0.3 is 5.97 Å². The predicted octanol–water partition coefficient (Wildman–Crippen LogP) is 4.21. The number of ether oxygens (including phenoxy) is 1. The van der Waals surface area contributed by atoms with Gasteiger partial charge in [-0.2, -0.15) is 0 Å². The fraction of sp³-hybridized carbons (Fsp3) is 0.389. The largest absolute Gasteiger partial charge is 0.465 e. The highest BCUT2D eigenvalue weighted by atomic mass is 35.5. The summed E-state index contributed by atoms with van der Waals surface area (Å²) < 4.78 is 4.93. The molecule has 1 N–H and O–H groups in total. The minimum absolute atomic E-state index is 0.343. The molecule has 1 heterocycles. The van der Waals surface area contributed by atoms with Crippen LogP contribution in [-0.4, -0.2) is 29.6 Å². The number of nitrogens with one attached hydrogen (secondary N) is 1. The Morgan fingerprint density at radius 2 is 1.92 bits per heavy atom. The van der Waals surface area contributed by atoms with Crippen LogP contribution in [0.5, 0.6) is 0 Å². The topological polar surface area (TPSA) is 64.1 Å². The molecule has 2 rings (SSSR count). The van der Waals surface area contributed by atoms with Crippen molar-refractivity contribution in [2.24, 2.45) is 5.92 Å². The SMILES string of the molecule is CCNc1nc(-c2ccc(Cl)cc2)nc(CC(C)C)c1C(=O)OC. The minimum Gasteiger partial charge on any atom is -0.465 e. The molecule has 2 aromatic rings. The van der Waals surface area contributed by atoms with Gasteiger partial charge in [-0.15, -0.1) is 0 Å². The summed E-state index contributed by atoms with van der Waals surface area (Å²) in [6, 6.07) is 7.32. The number of carbonyl (C=O) groups is 1. The lowest BCUT2D eigenvalue weighted by atomic mass is 10.0. The molecule has 1 aromatic heterocycles. The summed E-state index contributed by atoms with van der Waals surface area (Å²) in [4.78, 5) is 21.4. The fourth-order valence-corrected chi connectivity index (χ4v) is 2.51. The molecule has 0 unspecified atom stereocenters. The lowest BCUT2D eigenvalue weighted by Crippen LogP contribution is -2.16. The van der Waals surface area contributed by atoms with E-state index in [2.05, 4.69) is 29.1 Å². The van der Waals surface area contributed by atoms with Crippen molar-refractivity contribution in [1.29, 1.82) is 0 Å². The Morgan fingerprint density at radius 1 is 1.25 bits per heavy atom. The van der Waals surface area contributed by atoms with Crippen LogP contribution in [0.2, 0.25) is 5.02 Å². The van der Waals surface area contributed by atoms with E-state index in [1.165, 1.54) is 7.11 Å². The van der Waals surface area contributed by atoms with E-state index in [0.717, 1.165) is 5.56 Å². The first-order valence-electron chi connectivity index (χ1n) is 7.95. The van der Waals surface area contributed by atoms with Crippen molar-refractivity contribution in [1.82, 2.24) is 9.97 Å². The first-order valence-corrected chi connectivity index (χ1v) is 8.33. The number of hydrogen-bond acceptors (Lipinski definition) is 5. The summed E-state index contributed by atoms with van der Waals surface area (Å²) in [7, 11) is 1.37. The van der Waals surface area contributed by atoms with Gasteiger partial charge in [0.1, 0.15) is 11.4 Å². The Bertz CT molecular complexity index is 715. The van der Waals surface area contributed by atoms with Crippen molar-refractivity contribution >= 4 is 23.4 Å². The number of aromatic nitrogens is 2. The van der Waals surface area contributed by atoms with Crippen LogP contribution >= 0.6 is 11.6 Å². The Labute approximate surface area is 147 Å². The van der Waals surface area contributed by atoms with Crippen LogP contribution in [0.1, 0.15) is 36.8 Å². The van der Waals surface area contributed by atoms with Gasteiger partial charge in [-0.1, -0.05) is 25.4 Å². The van der Waals surface area contributed by atoms with E-state index in [-0.39, 0.29) is 0 Å². The molecular weight excluding hydrogens is 326 g/mol. The molecule has 1 aromatic carbocycles. The number of carbonyl (C=O) groups excluding carboxylic acids is 1. The maximum Gasteiger partial charge on any atom is 0.343 e. The molecular formula is C18H22ClN3O2. The monoisotopic (exact) mass is 347 g/mol. The third-order valence-electron chi connectivity index (χ3n) is 3.42. The first kappa shape index (κ1) is 18.2. The van der Waals surface area contributed by atoms with E-state index in [0.29, 0.717) is 46.8 Å². The standard InChI is InChI=1S/C18H22ClN3O2/c1-5-20-17-15(18(23)24-4)14(10-11(2)3)21-16(22-17)12-6-8-13(19)9-7-12/h6-9,11H,5,10H2,1-4H3,(H,20,21,22). The van der Waals surface area contributed by atoms with E-state index in [9.17, 15) is 4.79 Å². The van der Waals surface area contributed by atoms with Crippen LogP contribution in [0, 0.1) is 5.92 Å². The lowest BCUT2D eigenvalue weighted by molar-refractivity contribution is 0.0599. The van der Waals surface area contributed by atoms with Gasteiger partial charge in [0.2, 0.25) is 0 Å². The van der Waals surface area contributed by atoms with Crippen LogP contribution in [0.4, 0.5) is 5.82 Å². The molecule has 0 bridgehead atoms. The maximum absolute atomic E-state index is 12.2. The molecule has 0 saturated carbocycles. The molecule has 0 atom stereocenters. The number of hydrogen-bond donors (Lipinski definition) is 1. The van der Waals surface area contributed by atoms with Gasteiger partial charge in [-0.25, -0.2) is 14.8 Å². The summed E-state index contributed by atoms with van der Waals surface area (Å²) in [6.07, 6.45) is 0.659. The summed E-state index contributed by atoms with van der Waals surface area (Å²) in [5.74, 6) is 0.978. The van der Waals surface area contributed by atoms with Crippen LogP contribution in [0.15, 0.2) is 24.3 Å². The van der Waals surface area contributed by atoms with Gasteiger partial charge in [0, 0.05) is 17.1 Å². The summed E-state index contributed by atoms with van der Waals surface area (Å²) >= 11 is 5.95. The Kier molecular flexibility index (Phi) is 6.15. The quantitative estimate of drug-likeness (QED) is 0.793. The third kappa shape index (κ3) is 4.23. The maximum atomic E-state index is 12.2. The van der Waals surface area contributed by atoms with E-state index in [1.54, 1.807) is 12.1 Å². The Hall–Kier alpha value is -2.14. The molecule has 6 heteroatoms. The van der Waals surface area contributed by atoms with Crippen molar-refractivity contribution in [3.05, 3.63) is 40.5 Å². The van der Waals surface area contributed by atoms with Crippen molar-refractivity contribution in [2.45, 2.75) is 27.2 Å². The van der Waals surface area contributed by atoms with Gasteiger partial charge in [0.05, 0.1) is 12.8 Å². The number of anilines is 1. The molecule has 0 radical (unpaired) electrons. The number of esters is 1. The van der Waals surface area contributed by atoms with Crippen molar-refractivity contribution in [3.63, 3.8) is 0 Å². The average molecular weight is 348 g/mol. The van der Waals surface area contributed by atoms with Crippen molar-refractivity contribution < 1.29 is 9.53 Å². The van der Waals surface area contributed by atoms with E-state index >= 15 is 0 Å². The second-order valence-corrected chi connectivity index (χ2v) is 6.28. The van der Waals surface area contributed by atoms with Crippen LogP contribution in [-0.2, 0) is 11.2 Å². The molecule has 5 nitrogen and oxygen atoms in total. The van der Waals surface area contributed by atoms with Gasteiger partial charge in [0.15, 0.2) is 5.82 Å². The van der Waals surface area contributed by atoms with Crippen LogP contribution in [0.3, 0.4) is 0 Å². The number of benzene rings is 1. The van der Waals surface area contributed by atoms with Crippen molar-refractivity contribution in [3.8, 4) is 11.4 Å². The minimum atomic E-state index is -0.427. The molecule has 0 amide bonds. The predicted molar refractivity (Wildman–Crippen MR) is 96.5 cm³/mol. The highest BCUT2D eigenvalue weighted by Gasteiger charge is 2.22. The van der Waals surface area contributed by atoms with Crippen molar-refractivity contribution in [2.75, 3.05) is 19.0 Å². The molecule has 0 spiro atoms. The van der Waals surface area contributed by atoms with Crippen LogP contribution in [0.25, 0.3) is 11.4 Å². The van der Waals surface area contributed by atoms with Gasteiger partial charge in [-0.3, -0.25) is 0 Å². The molecule has 0 fully saturated rings. The summed E-state index contributed by atoms with van der Waals surface area (Å²) in [5, 5.41) is 3.80. The van der Waals surface area contributed by atoms with Gasteiger partial charge < -0.3 is 10.1 Å². The molecule has 0 aliphatic heterocycles. The zero-order chi connectivity index (χ0) is 17.7. The zero-order valence-corrected chi connectivity index (χ0v) is 15.1. The molecule has 0 saturated heterocycles. The number of methoxy groups -OCH3 is 1. The Balaban J connectivity index is 2.63. The normalized spacial score (nSPS) is 10.8. The summed E-state index contributed by atoms with van der Waals surface area (Å²) in [6.45, 7) is 6.76. The smallest absolute Gasteiger partial charge is 0.343 e. The second-order valence-electron chi connectivity index (χ2n) is 5.84. The number of halogens is 1.